The summed E-state index contributed by atoms with van der Waals surface area (Å²) in [5.41, 5.74) is 1.36. The Kier molecular flexibility index (Phi) is 6.73. The molecule has 1 atom stereocenters. The number of pyridine rings is 1. The van der Waals surface area contributed by atoms with E-state index in [0.717, 1.165) is 5.56 Å². The number of anilines is 2. The number of rotatable bonds is 6. The van der Waals surface area contributed by atoms with Crippen molar-refractivity contribution in [2.75, 3.05) is 23.3 Å². The first-order valence-corrected chi connectivity index (χ1v) is 10.8. The van der Waals surface area contributed by atoms with Gasteiger partial charge >= 0.3 is 12.1 Å². The Morgan fingerprint density at radius 3 is 2.59 bits per heavy atom. The number of benzene rings is 1. The summed E-state index contributed by atoms with van der Waals surface area (Å²) >= 11 is 0. The van der Waals surface area contributed by atoms with Crippen LogP contribution >= 0.6 is 0 Å². The third-order valence-corrected chi connectivity index (χ3v) is 5.76. The van der Waals surface area contributed by atoms with E-state index in [2.05, 4.69) is 15.5 Å². The molecule has 3 heterocycles. The fourth-order valence-electron chi connectivity index (χ4n) is 3.83. The zero-order valence-corrected chi connectivity index (χ0v) is 18.5. The van der Waals surface area contributed by atoms with Crippen LogP contribution in [0.2, 0.25) is 0 Å². The van der Waals surface area contributed by atoms with Crippen molar-refractivity contribution in [2.45, 2.75) is 25.9 Å². The first-order valence-electron chi connectivity index (χ1n) is 10.8. The number of aliphatic carboxylic acids is 1. The van der Waals surface area contributed by atoms with E-state index in [4.69, 9.17) is 14.4 Å². The van der Waals surface area contributed by atoms with E-state index in [0.29, 0.717) is 37.3 Å². The minimum Gasteiger partial charge on any atom is -0.481 e. The zero-order valence-electron chi connectivity index (χ0n) is 18.5. The van der Waals surface area contributed by atoms with Crippen molar-refractivity contribution in [3.63, 3.8) is 0 Å². The largest absolute Gasteiger partial charge is 0.481 e. The van der Waals surface area contributed by atoms with Crippen molar-refractivity contribution < 1.29 is 24.0 Å². The lowest BCUT2D eigenvalue weighted by Crippen LogP contribution is -2.36. The molecule has 2 N–H and O–H groups in total. The predicted octanol–water partition coefficient (Wildman–Crippen LogP) is 4.22. The molecule has 1 amide bonds. The normalized spacial score (nSPS) is 14.8. The second-order valence-corrected chi connectivity index (χ2v) is 7.93. The Bertz CT molecular complexity index is 1190. The van der Waals surface area contributed by atoms with Crippen molar-refractivity contribution in [3.05, 3.63) is 59.9 Å². The van der Waals surface area contributed by atoms with E-state index in [1.165, 1.54) is 0 Å². The molecule has 2 aromatic heterocycles. The highest BCUT2D eigenvalue weighted by Gasteiger charge is 2.26. The van der Waals surface area contributed by atoms with Gasteiger partial charge in [0.05, 0.1) is 5.92 Å². The van der Waals surface area contributed by atoms with Crippen LogP contribution in [0.4, 0.5) is 16.3 Å². The maximum absolute atomic E-state index is 12.5. The molecule has 1 saturated heterocycles. The predicted molar refractivity (Wildman–Crippen MR) is 122 cm³/mol. The van der Waals surface area contributed by atoms with Crippen LogP contribution in [-0.2, 0) is 9.53 Å². The van der Waals surface area contributed by atoms with Crippen molar-refractivity contribution >= 4 is 23.6 Å². The standard InChI is InChI=1S/C24H23N5O5/c1-15(16-5-3-2-4-6-16)33-24(32)27-21-19(13-25)28-34-22(21)18-7-8-20(26-14-18)29-11-9-17(10-12-29)23(30)31/h2-8,14-15,17H,9-12H2,1H3,(H,27,32)(H,30,31). The van der Waals surface area contributed by atoms with Gasteiger partial charge in [0.25, 0.3) is 0 Å². The molecule has 1 unspecified atom stereocenters. The van der Waals surface area contributed by atoms with E-state index < -0.39 is 18.2 Å². The highest BCUT2D eigenvalue weighted by atomic mass is 16.6. The van der Waals surface area contributed by atoms with Crippen molar-refractivity contribution in [1.29, 1.82) is 5.26 Å². The Labute approximate surface area is 195 Å². The monoisotopic (exact) mass is 461 g/mol. The molecule has 0 aliphatic carbocycles. The lowest BCUT2D eigenvalue weighted by atomic mass is 9.97. The molecular weight excluding hydrogens is 438 g/mol. The molecule has 1 fully saturated rings. The van der Waals surface area contributed by atoms with Gasteiger partial charge in [-0.3, -0.25) is 10.1 Å². The second kappa shape index (κ2) is 10.0. The number of piperidine rings is 1. The molecule has 1 aliphatic rings. The number of hydrogen-bond acceptors (Lipinski definition) is 8. The van der Waals surface area contributed by atoms with Crippen LogP contribution in [0.15, 0.2) is 53.2 Å². The molecule has 34 heavy (non-hydrogen) atoms. The van der Waals surface area contributed by atoms with Crippen molar-refractivity contribution in [3.8, 4) is 17.4 Å². The topological polar surface area (TPSA) is 142 Å². The Morgan fingerprint density at radius 2 is 1.97 bits per heavy atom. The smallest absolute Gasteiger partial charge is 0.412 e. The maximum atomic E-state index is 12.5. The van der Waals surface area contributed by atoms with Crippen LogP contribution in [0.5, 0.6) is 0 Å². The summed E-state index contributed by atoms with van der Waals surface area (Å²) in [7, 11) is 0. The van der Waals surface area contributed by atoms with Crippen LogP contribution < -0.4 is 10.2 Å². The number of carbonyl (C=O) groups excluding carboxylic acids is 1. The summed E-state index contributed by atoms with van der Waals surface area (Å²) in [5, 5.41) is 24.9. The number of nitrogens with zero attached hydrogens (tertiary/aromatic N) is 4. The van der Waals surface area contributed by atoms with Crippen LogP contribution in [0.3, 0.4) is 0 Å². The van der Waals surface area contributed by atoms with Gasteiger partial charge in [-0.2, -0.15) is 5.26 Å². The lowest BCUT2D eigenvalue weighted by Gasteiger charge is -2.30. The summed E-state index contributed by atoms with van der Waals surface area (Å²) in [6, 6.07) is 14.7. The molecule has 10 nitrogen and oxygen atoms in total. The Balaban J connectivity index is 1.47. The number of amides is 1. The van der Waals surface area contributed by atoms with Crippen LogP contribution in [0, 0.1) is 17.2 Å². The van der Waals surface area contributed by atoms with Crippen LogP contribution in [0.1, 0.15) is 37.1 Å². The summed E-state index contributed by atoms with van der Waals surface area (Å²) in [4.78, 5) is 30.1. The van der Waals surface area contributed by atoms with E-state index >= 15 is 0 Å². The molecule has 0 saturated carbocycles. The van der Waals surface area contributed by atoms with E-state index in [-0.39, 0.29) is 23.1 Å². The number of nitriles is 1. The van der Waals surface area contributed by atoms with Gasteiger partial charge in [0.15, 0.2) is 5.76 Å². The van der Waals surface area contributed by atoms with Gasteiger partial charge in [0, 0.05) is 24.8 Å². The summed E-state index contributed by atoms with van der Waals surface area (Å²) in [6.07, 6.45) is 1.43. The second-order valence-electron chi connectivity index (χ2n) is 7.93. The average molecular weight is 461 g/mol. The molecule has 0 bridgehead atoms. The molecule has 1 aliphatic heterocycles. The van der Waals surface area contributed by atoms with Gasteiger partial charge in [-0.05, 0) is 37.5 Å². The van der Waals surface area contributed by atoms with Crippen molar-refractivity contribution in [2.24, 2.45) is 5.92 Å². The van der Waals surface area contributed by atoms with E-state index in [1.54, 1.807) is 25.3 Å². The summed E-state index contributed by atoms with van der Waals surface area (Å²) in [5.74, 6) is -0.201. The SMILES string of the molecule is CC(OC(=O)Nc1c(C#N)noc1-c1ccc(N2CCC(C(=O)O)CC2)nc1)c1ccccc1. The molecular formula is C24H23N5O5. The lowest BCUT2D eigenvalue weighted by molar-refractivity contribution is -0.142. The van der Waals surface area contributed by atoms with Gasteiger partial charge < -0.3 is 19.3 Å². The molecule has 1 aromatic carbocycles. The Hall–Kier alpha value is -4.39. The van der Waals surface area contributed by atoms with Gasteiger partial charge in [-0.15, -0.1) is 0 Å². The molecule has 10 heteroatoms. The van der Waals surface area contributed by atoms with Gasteiger partial charge in [0.2, 0.25) is 5.69 Å². The zero-order chi connectivity index (χ0) is 24.1. The highest BCUT2D eigenvalue weighted by Crippen LogP contribution is 2.32. The highest BCUT2D eigenvalue weighted by molar-refractivity contribution is 5.91. The number of nitrogens with one attached hydrogen (secondary N) is 1. The molecule has 0 radical (unpaired) electrons. The number of carbonyl (C=O) groups is 2. The fraction of sp³-hybridized carbons (Fsp3) is 0.292. The number of ether oxygens (including phenoxy) is 1. The van der Waals surface area contributed by atoms with Gasteiger partial charge in [-0.1, -0.05) is 35.5 Å². The minimum atomic E-state index is -0.765. The first kappa shape index (κ1) is 22.8. The molecule has 4 rings (SSSR count). The summed E-state index contributed by atoms with van der Waals surface area (Å²) in [6.45, 7) is 2.95. The third-order valence-electron chi connectivity index (χ3n) is 5.76. The van der Waals surface area contributed by atoms with Crippen LogP contribution in [0.25, 0.3) is 11.3 Å². The number of aromatic nitrogens is 2. The van der Waals surface area contributed by atoms with Crippen LogP contribution in [-0.4, -0.2) is 40.4 Å². The van der Waals surface area contributed by atoms with Crippen molar-refractivity contribution in [1.82, 2.24) is 10.1 Å². The molecule has 174 valence electrons. The summed E-state index contributed by atoms with van der Waals surface area (Å²) < 4.78 is 10.8. The number of carboxylic acids is 1. The number of carboxylic acid groups (broad SMARTS) is 1. The van der Waals surface area contributed by atoms with Gasteiger partial charge in [0.1, 0.15) is 23.7 Å². The number of hydrogen-bond donors (Lipinski definition) is 2. The minimum absolute atomic E-state index is 0.0841. The molecule has 3 aromatic rings. The fourth-order valence-corrected chi connectivity index (χ4v) is 3.83. The average Bonchev–Trinajstić information content (AvgIpc) is 3.27. The first-order chi connectivity index (χ1) is 16.5. The molecule has 0 spiro atoms. The van der Waals surface area contributed by atoms with E-state index in [1.807, 2.05) is 41.3 Å². The Morgan fingerprint density at radius 1 is 1.24 bits per heavy atom. The third kappa shape index (κ3) is 4.99. The van der Waals surface area contributed by atoms with E-state index in [9.17, 15) is 14.9 Å². The quantitative estimate of drug-likeness (QED) is 0.552. The maximum Gasteiger partial charge on any atom is 0.412 e. The van der Waals surface area contributed by atoms with Gasteiger partial charge in [-0.25, -0.2) is 9.78 Å².